The normalized spacial score (nSPS) is 13.2. The molecule has 2 heterocycles. The van der Waals surface area contributed by atoms with Crippen molar-refractivity contribution in [3.05, 3.63) is 112 Å². The largest absolute Gasteiger partial charge is 0.462 e. The van der Waals surface area contributed by atoms with Crippen molar-refractivity contribution in [2.75, 3.05) is 23.9 Å². The van der Waals surface area contributed by atoms with Crippen LogP contribution in [-0.2, 0) is 40.2 Å². The van der Waals surface area contributed by atoms with Crippen LogP contribution in [0.25, 0.3) is 22.2 Å². The van der Waals surface area contributed by atoms with E-state index >= 15 is 8.78 Å². The zero-order valence-corrected chi connectivity index (χ0v) is 34.4. The van der Waals surface area contributed by atoms with Gasteiger partial charge in [0, 0.05) is 35.5 Å². The summed E-state index contributed by atoms with van der Waals surface area (Å²) in [7, 11) is -6.45. The first-order chi connectivity index (χ1) is 27.4. The molecule has 0 aliphatic carbocycles. The highest BCUT2D eigenvalue weighted by Crippen LogP contribution is 2.43. The Balaban J connectivity index is 1.43. The molecule has 3 aromatic carbocycles. The topological polar surface area (TPSA) is 181 Å². The predicted octanol–water partition coefficient (Wildman–Crippen LogP) is 8.31. The highest BCUT2D eigenvalue weighted by Gasteiger charge is 2.31. The van der Waals surface area contributed by atoms with Crippen LogP contribution in [0.1, 0.15) is 55.6 Å². The van der Waals surface area contributed by atoms with Crippen LogP contribution < -0.4 is 14.3 Å². The average Bonchev–Trinajstić information content (AvgIpc) is 3.54. The van der Waals surface area contributed by atoms with Gasteiger partial charge in [-0.15, -0.1) is 0 Å². The molecule has 14 nitrogen and oxygen atoms in total. The predicted molar refractivity (Wildman–Crippen MR) is 214 cm³/mol. The smallest absolute Gasteiger partial charge is 0.420 e. The van der Waals surface area contributed by atoms with E-state index in [0.717, 1.165) is 22.9 Å². The van der Waals surface area contributed by atoms with E-state index in [4.69, 9.17) is 30.3 Å². The molecule has 0 saturated heterocycles. The van der Waals surface area contributed by atoms with Crippen molar-refractivity contribution in [2.24, 2.45) is 0 Å². The molecule has 1 unspecified atom stereocenters. The standard InChI is InChI=1S/C39H40ClF2N4O10PS/c1-6-17-58(51,52)45-33-16-15-32(41)34(35(33)42)36(47)31-20-46(37-30(31)18-27(19-43-37)26-9-11-28(40)12-10-26)39(49)54-21-25-7-13-29(14-8-25)56-57(50,22-53-5)44-24(4)38(48)55-23(2)3/h7-16,18-20,23-24,45H,6,17,21-22H2,1-5H3,(H,44,50)/t24-,57?/m0/s1. The molecule has 308 valence electrons. The summed E-state index contributed by atoms with van der Waals surface area (Å²) in [4.78, 5) is 44.3. The molecule has 5 rings (SSSR count). The molecule has 2 N–H and O–H groups in total. The summed E-state index contributed by atoms with van der Waals surface area (Å²) < 4.78 is 93.8. The Labute approximate surface area is 338 Å². The minimum atomic E-state index is -4.01. The van der Waals surface area contributed by atoms with Crippen LogP contribution in [0.4, 0.5) is 19.3 Å². The number of halogens is 3. The molecule has 5 aromatic rings. The lowest BCUT2D eigenvalue weighted by atomic mass is 10.00. The van der Waals surface area contributed by atoms with Crippen LogP contribution in [0, 0.1) is 11.6 Å². The van der Waals surface area contributed by atoms with Crippen molar-refractivity contribution in [3.8, 4) is 16.9 Å². The number of sulfonamides is 1. The van der Waals surface area contributed by atoms with Crippen molar-refractivity contribution in [1.82, 2.24) is 14.6 Å². The number of carbonyl (C=O) groups is 3. The lowest BCUT2D eigenvalue weighted by Gasteiger charge is -2.23. The SMILES string of the molecule is CCCS(=O)(=O)Nc1ccc(F)c(C(=O)c2cn(C(=O)OCc3ccc(OP(=O)(COC)N[C@@H](C)C(=O)OC(C)C)cc3)c3ncc(-c4ccc(Cl)cc4)cc23)c1F. The fraction of sp³-hybridized carbons (Fsp3) is 0.282. The van der Waals surface area contributed by atoms with Gasteiger partial charge in [0.1, 0.15) is 36.2 Å². The van der Waals surface area contributed by atoms with Crippen LogP contribution in [0.5, 0.6) is 5.75 Å². The summed E-state index contributed by atoms with van der Waals surface area (Å²) in [5.74, 6) is -4.73. The van der Waals surface area contributed by atoms with E-state index in [-0.39, 0.29) is 53.6 Å². The van der Waals surface area contributed by atoms with E-state index in [1.165, 1.54) is 50.6 Å². The lowest BCUT2D eigenvalue weighted by molar-refractivity contribution is -0.149. The number of nitrogens with zero attached hydrogens (tertiary/aromatic N) is 2. The van der Waals surface area contributed by atoms with Gasteiger partial charge in [0.2, 0.25) is 15.8 Å². The number of esters is 1. The molecular formula is C39H40ClF2N4O10PS. The van der Waals surface area contributed by atoms with E-state index < -0.39 is 64.3 Å². The molecule has 0 spiro atoms. The fourth-order valence-electron chi connectivity index (χ4n) is 5.66. The number of methoxy groups -OCH3 is 1. The van der Waals surface area contributed by atoms with E-state index in [0.29, 0.717) is 21.7 Å². The monoisotopic (exact) mass is 860 g/mol. The van der Waals surface area contributed by atoms with Crippen LogP contribution in [0.15, 0.2) is 79.1 Å². The number of aromatic nitrogens is 2. The van der Waals surface area contributed by atoms with E-state index in [1.54, 1.807) is 45.0 Å². The Kier molecular flexibility index (Phi) is 14.1. The molecule has 19 heteroatoms. The lowest BCUT2D eigenvalue weighted by Crippen LogP contribution is -2.36. The maximum absolute atomic E-state index is 15.8. The van der Waals surface area contributed by atoms with Crippen molar-refractivity contribution in [2.45, 2.75) is 52.9 Å². The first kappa shape index (κ1) is 43.9. The molecule has 0 aliphatic heterocycles. The van der Waals surface area contributed by atoms with Gasteiger partial charge in [-0.1, -0.05) is 42.8 Å². The molecular weight excluding hydrogens is 821 g/mol. The first-order valence-electron chi connectivity index (χ1n) is 17.8. The zero-order valence-electron chi connectivity index (χ0n) is 32.0. The molecule has 0 bridgehead atoms. The maximum Gasteiger partial charge on any atom is 0.420 e. The van der Waals surface area contributed by atoms with E-state index in [9.17, 15) is 27.4 Å². The number of nitrogens with one attached hydrogen (secondary N) is 2. The first-order valence-corrected chi connectivity index (χ1v) is 21.6. The molecule has 0 radical (unpaired) electrons. The number of fused-ring (bicyclic) bond motifs is 1. The van der Waals surface area contributed by atoms with Gasteiger partial charge < -0.3 is 18.7 Å². The number of pyridine rings is 1. The maximum atomic E-state index is 15.8. The van der Waals surface area contributed by atoms with Crippen molar-refractivity contribution < 1.29 is 54.9 Å². The number of ether oxygens (including phenoxy) is 3. The van der Waals surface area contributed by atoms with Crippen molar-refractivity contribution in [3.63, 3.8) is 0 Å². The second-order valence-electron chi connectivity index (χ2n) is 13.3. The zero-order chi connectivity index (χ0) is 42.4. The molecule has 0 amide bonds. The van der Waals surface area contributed by atoms with Crippen LogP contribution in [0.3, 0.4) is 0 Å². The number of carbonyl (C=O) groups excluding carboxylic acids is 3. The van der Waals surface area contributed by atoms with Crippen molar-refractivity contribution >= 4 is 63.7 Å². The van der Waals surface area contributed by atoms with E-state index in [2.05, 4.69) is 14.8 Å². The molecule has 2 atom stereocenters. The summed E-state index contributed by atoms with van der Waals surface area (Å²) in [6.07, 6.45) is 0.934. The Morgan fingerprint density at radius 3 is 2.31 bits per heavy atom. The number of hydrogen-bond acceptors (Lipinski definition) is 11. The highest BCUT2D eigenvalue weighted by atomic mass is 35.5. The Morgan fingerprint density at radius 1 is 0.983 bits per heavy atom. The van der Waals surface area contributed by atoms with Gasteiger partial charge in [-0.25, -0.2) is 36.6 Å². The minimum absolute atomic E-state index is 0.0348. The van der Waals surface area contributed by atoms with Crippen LogP contribution >= 0.6 is 19.1 Å². The van der Waals surface area contributed by atoms with Gasteiger partial charge in [-0.2, -0.15) is 0 Å². The van der Waals surface area contributed by atoms with Gasteiger partial charge in [0.05, 0.1) is 28.7 Å². The van der Waals surface area contributed by atoms with Crippen LogP contribution in [0.2, 0.25) is 5.02 Å². The third-order valence-corrected chi connectivity index (χ3v) is 11.9. The highest BCUT2D eigenvalue weighted by molar-refractivity contribution is 7.92. The quantitative estimate of drug-likeness (QED) is 0.0519. The third-order valence-electron chi connectivity index (χ3n) is 8.25. The summed E-state index contributed by atoms with van der Waals surface area (Å²) in [5, 5.41) is 3.15. The number of benzene rings is 3. The number of anilines is 1. The summed E-state index contributed by atoms with van der Waals surface area (Å²) in [5.41, 5.74) is -0.533. The number of rotatable bonds is 17. The van der Waals surface area contributed by atoms with Gasteiger partial charge in [0.25, 0.3) is 0 Å². The molecule has 0 aliphatic rings. The summed E-state index contributed by atoms with van der Waals surface area (Å²) >= 11 is 6.06. The number of hydrogen-bond donors (Lipinski definition) is 2. The second-order valence-corrected chi connectivity index (χ2v) is 17.6. The second kappa shape index (κ2) is 18.6. The van der Waals surface area contributed by atoms with E-state index in [1.807, 2.05) is 0 Å². The molecule has 2 aromatic heterocycles. The van der Waals surface area contributed by atoms with Gasteiger partial charge in [0.15, 0.2) is 5.82 Å². The van der Waals surface area contributed by atoms with Gasteiger partial charge >= 0.3 is 19.6 Å². The van der Waals surface area contributed by atoms with Gasteiger partial charge in [-0.05, 0) is 80.8 Å². The Morgan fingerprint density at radius 2 is 1.67 bits per heavy atom. The summed E-state index contributed by atoms with van der Waals surface area (Å²) in [6.45, 7) is 6.14. The molecule has 0 fully saturated rings. The van der Waals surface area contributed by atoms with Gasteiger partial charge in [-0.3, -0.25) is 18.9 Å². The fourth-order valence-corrected chi connectivity index (χ4v) is 8.60. The average molecular weight is 861 g/mol. The summed E-state index contributed by atoms with van der Waals surface area (Å²) in [6, 6.07) is 14.8. The minimum Gasteiger partial charge on any atom is -0.462 e. The number of ketones is 1. The van der Waals surface area contributed by atoms with Crippen LogP contribution in [-0.4, -0.2) is 67.2 Å². The Hall–Kier alpha value is -5.19. The molecule has 58 heavy (non-hydrogen) atoms. The molecule has 0 saturated carbocycles. The van der Waals surface area contributed by atoms with Crippen molar-refractivity contribution in [1.29, 1.82) is 0 Å². The third kappa shape index (κ3) is 10.6. The Bertz CT molecular complexity index is 2480.